The van der Waals surface area contributed by atoms with Gasteiger partial charge < -0.3 is 5.32 Å². The van der Waals surface area contributed by atoms with Crippen LogP contribution in [-0.2, 0) is 0 Å². The van der Waals surface area contributed by atoms with E-state index < -0.39 is 0 Å². The Balaban J connectivity index is 2.25. The van der Waals surface area contributed by atoms with Crippen molar-refractivity contribution in [2.45, 2.75) is 40.7 Å². The first-order chi connectivity index (χ1) is 8.97. The van der Waals surface area contributed by atoms with Crippen LogP contribution in [0.3, 0.4) is 0 Å². The van der Waals surface area contributed by atoms with E-state index in [0.29, 0.717) is 0 Å². The highest BCUT2D eigenvalue weighted by atomic mass is 14.9. The molecule has 2 heteroatoms. The van der Waals surface area contributed by atoms with Gasteiger partial charge in [0, 0.05) is 11.7 Å². The van der Waals surface area contributed by atoms with Gasteiger partial charge in [0.15, 0.2) is 0 Å². The molecule has 2 rings (SSSR count). The Morgan fingerprint density at radius 3 is 2.42 bits per heavy atom. The van der Waals surface area contributed by atoms with Crippen molar-refractivity contribution in [2.75, 3.05) is 5.32 Å². The van der Waals surface area contributed by atoms with Crippen LogP contribution in [0.2, 0.25) is 0 Å². The van der Waals surface area contributed by atoms with Crippen molar-refractivity contribution in [1.29, 1.82) is 0 Å². The van der Waals surface area contributed by atoms with Crippen LogP contribution in [0.25, 0.3) is 0 Å². The van der Waals surface area contributed by atoms with Crippen LogP contribution in [0.15, 0.2) is 30.3 Å². The summed E-state index contributed by atoms with van der Waals surface area (Å²) in [5, 5.41) is 3.56. The van der Waals surface area contributed by atoms with E-state index in [4.69, 9.17) is 0 Å². The molecule has 1 atom stereocenters. The van der Waals surface area contributed by atoms with Gasteiger partial charge >= 0.3 is 0 Å². The summed E-state index contributed by atoms with van der Waals surface area (Å²) in [4.78, 5) is 4.50. The number of anilines is 1. The number of rotatable bonds is 3. The molecule has 0 bridgehead atoms. The van der Waals surface area contributed by atoms with E-state index in [0.717, 1.165) is 17.1 Å². The fourth-order valence-electron chi connectivity index (χ4n) is 2.38. The second kappa shape index (κ2) is 5.43. The van der Waals surface area contributed by atoms with Gasteiger partial charge in [-0.05, 0) is 57.9 Å². The zero-order chi connectivity index (χ0) is 14.0. The molecule has 19 heavy (non-hydrogen) atoms. The van der Waals surface area contributed by atoms with Gasteiger partial charge in [0.1, 0.15) is 0 Å². The van der Waals surface area contributed by atoms with Gasteiger partial charge in [0.2, 0.25) is 0 Å². The van der Waals surface area contributed by atoms with Crippen molar-refractivity contribution in [3.63, 3.8) is 0 Å². The van der Waals surface area contributed by atoms with Crippen molar-refractivity contribution < 1.29 is 0 Å². The SMILES string of the molecule is Cc1ccc(C)c(C(C)Nc2ccc(C)nc2C)c1. The van der Waals surface area contributed by atoms with Gasteiger partial charge in [-0.15, -0.1) is 0 Å². The van der Waals surface area contributed by atoms with Gasteiger partial charge in [-0.3, -0.25) is 4.98 Å². The fourth-order valence-corrected chi connectivity index (χ4v) is 2.38. The zero-order valence-corrected chi connectivity index (χ0v) is 12.4. The molecule has 2 aromatic rings. The molecular weight excluding hydrogens is 232 g/mol. The summed E-state index contributed by atoms with van der Waals surface area (Å²) < 4.78 is 0. The summed E-state index contributed by atoms with van der Waals surface area (Å²) >= 11 is 0. The van der Waals surface area contributed by atoms with Crippen LogP contribution in [0.5, 0.6) is 0 Å². The van der Waals surface area contributed by atoms with Crippen LogP contribution < -0.4 is 5.32 Å². The van der Waals surface area contributed by atoms with Gasteiger partial charge in [0.05, 0.1) is 11.4 Å². The summed E-state index contributed by atoms with van der Waals surface area (Å²) in [7, 11) is 0. The highest BCUT2D eigenvalue weighted by molar-refractivity contribution is 5.50. The summed E-state index contributed by atoms with van der Waals surface area (Å²) in [6, 6.07) is 11.0. The molecule has 2 nitrogen and oxygen atoms in total. The number of aryl methyl sites for hydroxylation is 4. The average molecular weight is 254 g/mol. The molecule has 100 valence electrons. The third kappa shape index (κ3) is 3.14. The van der Waals surface area contributed by atoms with E-state index in [1.807, 2.05) is 19.9 Å². The molecule has 0 aliphatic carbocycles. The fraction of sp³-hybridized carbons (Fsp3) is 0.353. The standard InChI is InChI=1S/C17H22N2/c1-11-6-7-12(2)16(10-11)14(4)19-17-9-8-13(3)18-15(17)5/h6-10,14,19H,1-5H3. The second-order valence-electron chi connectivity index (χ2n) is 5.31. The minimum Gasteiger partial charge on any atom is -0.377 e. The lowest BCUT2D eigenvalue weighted by Crippen LogP contribution is -2.10. The van der Waals surface area contributed by atoms with Crippen LogP contribution in [-0.4, -0.2) is 4.98 Å². The van der Waals surface area contributed by atoms with Gasteiger partial charge in [-0.25, -0.2) is 0 Å². The Hall–Kier alpha value is -1.83. The number of nitrogens with zero attached hydrogens (tertiary/aromatic N) is 1. The number of benzene rings is 1. The van der Waals surface area contributed by atoms with E-state index in [-0.39, 0.29) is 6.04 Å². The Kier molecular flexibility index (Phi) is 3.89. The number of hydrogen-bond donors (Lipinski definition) is 1. The minimum atomic E-state index is 0.281. The Labute approximate surface area is 115 Å². The highest BCUT2D eigenvalue weighted by Crippen LogP contribution is 2.24. The van der Waals surface area contributed by atoms with Gasteiger partial charge in [0.25, 0.3) is 0 Å². The van der Waals surface area contributed by atoms with E-state index in [1.54, 1.807) is 0 Å². The van der Waals surface area contributed by atoms with Gasteiger partial charge in [-0.2, -0.15) is 0 Å². The van der Waals surface area contributed by atoms with Crippen molar-refractivity contribution in [3.05, 3.63) is 58.4 Å². The average Bonchev–Trinajstić information content (AvgIpc) is 2.35. The van der Waals surface area contributed by atoms with E-state index in [2.05, 4.69) is 55.3 Å². The van der Waals surface area contributed by atoms with Crippen LogP contribution in [0.4, 0.5) is 5.69 Å². The normalized spacial score (nSPS) is 12.3. The number of aromatic nitrogens is 1. The van der Waals surface area contributed by atoms with Crippen LogP contribution in [0.1, 0.15) is 41.0 Å². The lowest BCUT2D eigenvalue weighted by molar-refractivity contribution is 0.866. The van der Waals surface area contributed by atoms with Crippen molar-refractivity contribution >= 4 is 5.69 Å². The first-order valence-electron chi connectivity index (χ1n) is 6.75. The first kappa shape index (κ1) is 13.6. The minimum absolute atomic E-state index is 0.281. The Morgan fingerprint density at radius 1 is 1.00 bits per heavy atom. The maximum Gasteiger partial charge on any atom is 0.0607 e. The van der Waals surface area contributed by atoms with E-state index >= 15 is 0 Å². The third-order valence-corrected chi connectivity index (χ3v) is 3.50. The van der Waals surface area contributed by atoms with E-state index in [9.17, 15) is 0 Å². The lowest BCUT2D eigenvalue weighted by atomic mass is 10.00. The third-order valence-electron chi connectivity index (χ3n) is 3.50. The number of nitrogens with one attached hydrogen (secondary N) is 1. The summed E-state index contributed by atoms with van der Waals surface area (Å²) in [5.41, 5.74) is 7.19. The number of hydrogen-bond acceptors (Lipinski definition) is 2. The summed E-state index contributed by atoms with van der Waals surface area (Å²) in [6.07, 6.45) is 0. The summed E-state index contributed by atoms with van der Waals surface area (Å²) in [5.74, 6) is 0. The zero-order valence-electron chi connectivity index (χ0n) is 12.4. The van der Waals surface area contributed by atoms with Crippen LogP contribution in [0, 0.1) is 27.7 Å². The molecule has 0 saturated carbocycles. The maximum atomic E-state index is 4.50. The first-order valence-corrected chi connectivity index (χ1v) is 6.75. The molecule has 1 aromatic carbocycles. The van der Waals surface area contributed by atoms with Crippen molar-refractivity contribution in [2.24, 2.45) is 0 Å². The quantitative estimate of drug-likeness (QED) is 0.873. The monoisotopic (exact) mass is 254 g/mol. The molecule has 0 spiro atoms. The molecule has 0 aliphatic heterocycles. The maximum absolute atomic E-state index is 4.50. The molecule has 0 radical (unpaired) electrons. The topological polar surface area (TPSA) is 24.9 Å². The molecule has 0 aliphatic rings. The molecule has 0 amide bonds. The molecular formula is C17H22N2. The molecule has 0 saturated heterocycles. The predicted octanol–water partition coefficient (Wildman–Crippen LogP) is 4.49. The largest absolute Gasteiger partial charge is 0.377 e. The summed E-state index contributed by atoms with van der Waals surface area (Å²) in [6.45, 7) is 10.6. The van der Waals surface area contributed by atoms with E-state index in [1.165, 1.54) is 16.7 Å². The number of pyridine rings is 1. The second-order valence-corrected chi connectivity index (χ2v) is 5.31. The van der Waals surface area contributed by atoms with Gasteiger partial charge in [-0.1, -0.05) is 23.8 Å². The smallest absolute Gasteiger partial charge is 0.0607 e. The lowest BCUT2D eigenvalue weighted by Gasteiger charge is -2.19. The Morgan fingerprint density at radius 2 is 1.74 bits per heavy atom. The van der Waals surface area contributed by atoms with Crippen LogP contribution >= 0.6 is 0 Å². The van der Waals surface area contributed by atoms with Crippen molar-refractivity contribution in [1.82, 2.24) is 4.98 Å². The predicted molar refractivity (Wildman–Crippen MR) is 81.7 cm³/mol. The molecule has 1 N–H and O–H groups in total. The molecule has 1 heterocycles. The molecule has 0 fully saturated rings. The molecule has 1 unspecified atom stereocenters. The molecule has 1 aromatic heterocycles. The van der Waals surface area contributed by atoms with Crippen molar-refractivity contribution in [3.8, 4) is 0 Å². The Bertz CT molecular complexity index is 588. The highest BCUT2D eigenvalue weighted by Gasteiger charge is 2.10.